The summed E-state index contributed by atoms with van der Waals surface area (Å²) >= 11 is 0. The summed E-state index contributed by atoms with van der Waals surface area (Å²) in [7, 11) is 0. The van der Waals surface area contributed by atoms with Crippen LogP contribution in [0.15, 0.2) is 0 Å². The molecule has 0 radical (unpaired) electrons. The fourth-order valence-electron chi connectivity index (χ4n) is 2.50. The first-order valence-corrected chi connectivity index (χ1v) is 6.47. The highest BCUT2D eigenvalue weighted by atomic mass is 16.5. The van der Waals surface area contributed by atoms with Gasteiger partial charge in [0.25, 0.3) is 0 Å². The standard InChI is InChI=1S/C13H20N2O/c1-10-14-12-4-2-3-5-13(12)15(10)9-16-8-11-6-7-11/h11H,2-9H2,1H3. The van der Waals surface area contributed by atoms with Crippen molar-refractivity contribution in [3.8, 4) is 0 Å². The molecule has 0 saturated heterocycles. The lowest BCUT2D eigenvalue weighted by molar-refractivity contribution is 0.0658. The number of fused-ring (bicyclic) bond motifs is 1. The molecule has 1 saturated carbocycles. The van der Waals surface area contributed by atoms with Crippen molar-refractivity contribution in [3.63, 3.8) is 0 Å². The predicted octanol–water partition coefficient (Wildman–Crippen LogP) is 2.45. The number of rotatable bonds is 4. The number of hydrogen-bond donors (Lipinski definition) is 0. The molecule has 16 heavy (non-hydrogen) atoms. The van der Waals surface area contributed by atoms with Crippen LogP contribution in [0.4, 0.5) is 0 Å². The van der Waals surface area contributed by atoms with Crippen LogP contribution in [0.1, 0.15) is 42.9 Å². The molecule has 2 aliphatic rings. The van der Waals surface area contributed by atoms with Crippen LogP contribution in [-0.2, 0) is 24.3 Å². The minimum absolute atomic E-state index is 0.713. The summed E-state index contributed by atoms with van der Waals surface area (Å²) < 4.78 is 8.05. The molecule has 1 fully saturated rings. The zero-order valence-corrected chi connectivity index (χ0v) is 10.0. The molecule has 0 N–H and O–H groups in total. The second kappa shape index (κ2) is 4.21. The van der Waals surface area contributed by atoms with E-state index in [9.17, 15) is 0 Å². The van der Waals surface area contributed by atoms with E-state index >= 15 is 0 Å². The molecule has 1 aromatic heterocycles. The van der Waals surface area contributed by atoms with Gasteiger partial charge >= 0.3 is 0 Å². The van der Waals surface area contributed by atoms with Gasteiger partial charge in [-0.3, -0.25) is 0 Å². The fourth-order valence-corrected chi connectivity index (χ4v) is 2.50. The Balaban J connectivity index is 1.69. The summed E-state index contributed by atoms with van der Waals surface area (Å²) in [6.07, 6.45) is 7.67. The van der Waals surface area contributed by atoms with Gasteiger partial charge in [-0.2, -0.15) is 0 Å². The van der Waals surface area contributed by atoms with Crippen LogP contribution >= 0.6 is 0 Å². The van der Waals surface area contributed by atoms with E-state index in [0.717, 1.165) is 24.8 Å². The first kappa shape index (κ1) is 10.3. The number of hydrogen-bond acceptors (Lipinski definition) is 2. The third-order valence-corrected chi connectivity index (χ3v) is 3.69. The fraction of sp³-hybridized carbons (Fsp3) is 0.769. The average molecular weight is 220 g/mol. The van der Waals surface area contributed by atoms with E-state index in [-0.39, 0.29) is 0 Å². The highest BCUT2D eigenvalue weighted by molar-refractivity contribution is 5.19. The smallest absolute Gasteiger partial charge is 0.124 e. The van der Waals surface area contributed by atoms with Crippen molar-refractivity contribution in [2.24, 2.45) is 5.92 Å². The summed E-state index contributed by atoms with van der Waals surface area (Å²) in [6, 6.07) is 0. The van der Waals surface area contributed by atoms with Crippen LogP contribution in [0, 0.1) is 12.8 Å². The maximum absolute atomic E-state index is 5.77. The van der Waals surface area contributed by atoms with Crippen LogP contribution in [0.2, 0.25) is 0 Å². The summed E-state index contributed by atoms with van der Waals surface area (Å²) in [5.74, 6) is 1.97. The van der Waals surface area contributed by atoms with Gasteiger partial charge < -0.3 is 9.30 Å². The minimum atomic E-state index is 0.713. The summed E-state index contributed by atoms with van der Waals surface area (Å²) in [6.45, 7) is 3.75. The highest BCUT2D eigenvalue weighted by Crippen LogP contribution is 2.29. The summed E-state index contributed by atoms with van der Waals surface area (Å²) in [4.78, 5) is 4.65. The highest BCUT2D eigenvalue weighted by Gasteiger charge is 2.22. The van der Waals surface area contributed by atoms with Crippen molar-refractivity contribution in [1.29, 1.82) is 0 Å². The van der Waals surface area contributed by atoms with E-state index in [1.807, 2.05) is 0 Å². The second-order valence-electron chi connectivity index (χ2n) is 5.13. The molecule has 0 bridgehead atoms. The third kappa shape index (κ3) is 2.01. The molecule has 3 rings (SSSR count). The van der Waals surface area contributed by atoms with E-state index in [2.05, 4.69) is 16.5 Å². The van der Waals surface area contributed by atoms with Crippen molar-refractivity contribution in [2.45, 2.75) is 52.2 Å². The quantitative estimate of drug-likeness (QED) is 0.779. The number of imidazole rings is 1. The van der Waals surface area contributed by atoms with Gasteiger partial charge in [-0.05, 0) is 51.4 Å². The summed E-state index contributed by atoms with van der Waals surface area (Å²) in [5, 5.41) is 0. The van der Waals surface area contributed by atoms with Gasteiger partial charge in [-0.15, -0.1) is 0 Å². The van der Waals surface area contributed by atoms with E-state index in [1.54, 1.807) is 0 Å². The number of ether oxygens (including phenoxy) is 1. The average Bonchev–Trinajstić information content (AvgIpc) is 3.04. The maximum Gasteiger partial charge on any atom is 0.124 e. The molecule has 0 unspecified atom stereocenters. The van der Waals surface area contributed by atoms with Crippen LogP contribution in [-0.4, -0.2) is 16.2 Å². The number of aromatic nitrogens is 2. The van der Waals surface area contributed by atoms with Gasteiger partial charge in [0.15, 0.2) is 0 Å². The topological polar surface area (TPSA) is 27.1 Å². The Morgan fingerprint density at radius 2 is 2.12 bits per heavy atom. The molecule has 0 amide bonds. The lowest BCUT2D eigenvalue weighted by Crippen LogP contribution is -2.12. The van der Waals surface area contributed by atoms with Crippen LogP contribution in [0.25, 0.3) is 0 Å². The normalized spacial score (nSPS) is 19.8. The molecule has 3 heteroatoms. The molecule has 88 valence electrons. The molecule has 3 nitrogen and oxygen atoms in total. The van der Waals surface area contributed by atoms with Crippen LogP contribution in [0.3, 0.4) is 0 Å². The molecule has 0 atom stereocenters. The lowest BCUT2D eigenvalue weighted by Gasteiger charge is -2.14. The summed E-state index contributed by atoms with van der Waals surface area (Å²) in [5.41, 5.74) is 2.75. The van der Waals surface area contributed by atoms with Gasteiger partial charge in [0.1, 0.15) is 12.6 Å². The maximum atomic E-state index is 5.77. The van der Waals surface area contributed by atoms with Crippen molar-refractivity contribution in [3.05, 3.63) is 17.2 Å². The van der Waals surface area contributed by atoms with E-state index in [4.69, 9.17) is 4.74 Å². The molecule has 0 spiro atoms. The molecular weight excluding hydrogens is 200 g/mol. The van der Waals surface area contributed by atoms with Gasteiger partial charge in [0.05, 0.1) is 12.3 Å². The van der Waals surface area contributed by atoms with Gasteiger partial charge in [0.2, 0.25) is 0 Å². The van der Waals surface area contributed by atoms with Crippen LogP contribution in [0.5, 0.6) is 0 Å². The lowest BCUT2D eigenvalue weighted by atomic mass is 10.0. The number of nitrogens with zero attached hydrogens (tertiary/aromatic N) is 2. The Morgan fingerprint density at radius 3 is 2.94 bits per heavy atom. The second-order valence-corrected chi connectivity index (χ2v) is 5.13. The Hall–Kier alpha value is -0.830. The van der Waals surface area contributed by atoms with Crippen LogP contribution < -0.4 is 0 Å². The molecule has 1 heterocycles. The van der Waals surface area contributed by atoms with Crippen molar-refractivity contribution in [1.82, 2.24) is 9.55 Å². The van der Waals surface area contributed by atoms with Crippen molar-refractivity contribution < 1.29 is 4.74 Å². The Bertz CT molecular complexity index is 380. The molecular formula is C13H20N2O. The largest absolute Gasteiger partial charge is 0.360 e. The third-order valence-electron chi connectivity index (χ3n) is 3.69. The van der Waals surface area contributed by atoms with E-state index < -0.39 is 0 Å². The number of aryl methyl sites for hydroxylation is 2. The first-order chi connectivity index (χ1) is 7.84. The molecule has 2 aliphatic carbocycles. The van der Waals surface area contributed by atoms with Gasteiger partial charge in [-0.1, -0.05) is 0 Å². The first-order valence-electron chi connectivity index (χ1n) is 6.47. The Labute approximate surface area is 96.8 Å². The zero-order valence-electron chi connectivity index (χ0n) is 10.0. The molecule has 0 aliphatic heterocycles. The van der Waals surface area contributed by atoms with Crippen molar-refractivity contribution in [2.75, 3.05) is 6.61 Å². The zero-order chi connectivity index (χ0) is 11.0. The minimum Gasteiger partial charge on any atom is -0.360 e. The van der Waals surface area contributed by atoms with Gasteiger partial charge in [-0.25, -0.2) is 4.98 Å². The molecule has 1 aromatic rings. The monoisotopic (exact) mass is 220 g/mol. The van der Waals surface area contributed by atoms with E-state index in [0.29, 0.717) is 6.73 Å². The molecule has 0 aromatic carbocycles. The Kier molecular flexibility index (Phi) is 2.72. The SMILES string of the molecule is Cc1nc2c(n1COCC1CC1)CCCC2. The Morgan fingerprint density at radius 1 is 1.31 bits per heavy atom. The van der Waals surface area contributed by atoms with Gasteiger partial charge in [0, 0.05) is 5.69 Å². The van der Waals surface area contributed by atoms with E-state index in [1.165, 1.54) is 43.5 Å². The predicted molar refractivity (Wildman–Crippen MR) is 62.3 cm³/mol. The van der Waals surface area contributed by atoms with Crippen molar-refractivity contribution >= 4 is 0 Å².